The summed E-state index contributed by atoms with van der Waals surface area (Å²) in [4.78, 5) is 18.8. The molecular weight excluding hydrogens is 278 g/mol. The van der Waals surface area contributed by atoms with Crippen molar-refractivity contribution in [2.45, 2.75) is 50.9 Å². The first-order chi connectivity index (χ1) is 10.7. The van der Waals surface area contributed by atoms with Crippen molar-refractivity contribution in [2.24, 2.45) is 0 Å². The Bertz CT molecular complexity index is 494. The summed E-state index contributed by atoms with van der Waals surface area (Å²) in [5.41, 5.74) is 1.11. The smallest absolute Gasteiger partial charge is 0.223 e. The van der Waals surface area contributed by atoms with E-state index in [2.05, 4.69) is 17.2 Å². The van der Waals surface area contributed by atoms with Gasteiger partial charge in [0, 0.05) is 38.4 Å². The Hall–Kier alpha value is -1.46. The largest absolute Gasteiger partial charge is 0.375 e. The van der Waals surface area contributed by atoms with Crippen LogP contribution in [0.2, 0.25) is 0 Å². The zero-order chi connectivity index (χ0) is 15.4. The van der Waals surface area contributed by atoms with Crippen molar-refractivity contribution >= 4 is 5.91 Å². The number of ether oxygens (including phenoxy) is 1. The van der Waals surface area contributed by atoms with Gasteiger partial charge in [0.05, 0.1) is 18.2 Å². The van der Waals surface area contributed by atoms with Gasteiger partial charge in [0.2, 0.25) is 5.91 Å². The molecule has 5 nitrogen and oxygen atoms in total. The molecule has 2 fully saturated rings. The highest BCUT2D eigenvalue weighted by molar-refractivity contribution is 5.77. The van der Waals surface area contributed by atoms with E-state index in [4.69, 9.17) is 4.74 Å². The molecule has 1 N–H and O–H groups in total. The number of nitrogens with zero attached hydrogens (tertiary/aromatic N) is 2. The van der Waals surface area contributed by atoms with E-state index in [0.29, 0.717) is 12.5 Å². The van der Waals surface area contributed by atoms with E-state index in [1.807, 2.05) is 23.2 Å². The second-order valence-electron chi connectivity index (χ2n) is 6.28. The summed E-state index contributed by atoms with van der Waals surface area (Å²) in [5, 5.41) is 3.37. The zero-order valence-electron chi connectivity index (χ0n) is 13.2. The van der Waals surface area contributed by atoms with Gasteiger partial charge in [0.15, 0.2) is 0 Å². The molecule has 1 amide bonds. The number of carbonyl (C=O) groups excluding carboxylic acids is 1. The summed E-state index contributed by atoms with van der Waals surface area (Å²) < 4.78 is 5.82. The van der Waals surface area contributed by atoms with Gasteiger partial charge in [-0.25, -0.2) is 0 Å². The molecule has 0 aromatic carbocycles. The first-order valence-electron chi connectivity index (χ1n) is 8.29. The topological polar surface area (TPSA) is 54.5 Å². The van der Waals surface area contributed by atoms with E-state index < -0.39 is 0 Å². The molecule has 3 atom stereocenters. The van der Waals surface area contributed by atoms with Crippen LogP contribution in [0.4, 0.5) is 0 Å². The average Bonchev–Trinajstić information content (AvgIpc) is 2.99. The highest BCUT2D eigenvalue weighted by Crippen LogP contribution is 2.25. The first-order valence-corrected chi connectivity index (χ1v) is 8.29. The van der Waals surface area contributed by atoms with Crippen molar-refractivity contribution in [1.82, 2.24) is 15.2 Å². The van der Waals surface area contributed by atoms with Gasteiger partial charge in [-0.3, -0.25) is 9.78 Å². The molecule has 0 bridgehead atoms. The third-order valence-electron chi connectivity index (χ3n) is 4.63. The van der Waals surface area contributed by atoms with Gasteiger partial charge >= 0.3 is 0 Å². The number of hydrogen-bond donors (Lipinski definition) is 1. The fourth-order valence-corrected chi connectivity index (χ4v) is 3.40. The molecular formula is C17H25N3O2. The standard InChI is InChI=1S/C17H25N3O2/c1-13-4-5-15(22-13)6-7-17(21)20-10-9-19-12-16(20)14-3-2-8-18-11-14/h2-3,8,11,13,15-16,19H,4-7,9-10,12H2,1H3. The summed E-state index contributed by atoms with van der Waals surface area (Å²) in [6.07, 6.45) is 7.86. The molecule has 2 aliphatic heterocycles. The van der Waals surface area contributed by atoms with Crippen LogP contribution in [0.1, 0.15) is 44.2 Å². The lowest BCUT2D eigenvalue weighted by molar-refractivity contribution is -0.135. The monoisotopic (exact) mass is 303 g/mol. The van der Waals surface area contributed by atoms with Gasteiger partial charge < -0.3 is 15.0 Å². The number of rotatable bonds is 4. The van der Waals surface area contributed by atoms with E-state index in [1.54, 1.807) is 6.20 Å². The molecule has 120 valence electrons. The van der Waals surface area contributed by atoms with E-state index >= 15 is 0 Å². The van der Waals surface area contributed by atoms with Crippen LogP contribution >= 0.6 is 0 Å². The third-order valence-corrected chi connectivity index (χ3v) is 4.63. The van der Waals surface area contributed by atoms with Crippen molar-refractivity contribution in [1.29, 1.82) is 0 Å². The second-order valence-corrected chi connectivity index (χ2v) is 6.28. The normalized spacial score (nSPS) is 28.8. The lowest BCUT2D eigenvalue weighted by Gasteiger charge is -2.36. The third kappa shape index (κ3) is 3.65. The predicted octanol–water partition coefficient (Wildman–Crippen LogP) is 1.90. The molecule has 5 heteroatoms. The van der Waals surface area contributed by atoms with Crippen molar-refractivity contribution in [3.8, 4) is 0 Å². The second kappa shape index (κ2) is 7.20. The number of piperazine rings is 1. The molecule has 3 rings (SSSR count). The predicted molar refractivity (Wildman–Crippen MR) is 84.4 cm³/mol. The maximum atomic E-state index is 12.6. The van der Waals surface area contributed by atoms with Crippen LogP contribution in [0.5, 0.6) is 0 Å². The summed E-state index contributed by atoms with van der Waals surface area (Å²) >= 11 is 0. The van der Waals surface area contributed by atoms with Crippen molar-refractivity contribution in [3.63, 3.8) is 0 Å². The molecule has 3 unspecified atom stereocenters. The quantitative estimate of drug-likeness (QED) is 0.923. The maximum absolute atomic E-state index is 12.6. The maximum Gasteiger partial charge on any atom is 0.223 e. The molecule has 0 radical (unpaired) electrons. The van der Waals surface area contributed by atoms with Crippen LogP contribution in [-0.4, -0.2) is 47.6 Å². The Morgan fingerprint density at radius 3 is 3.14 bits per heavy atom. The fraction of sp³-hybridized carbons (Fsp3) is 0.647. The number of pyridine rings is 1. The number of carbonyl (C=O) groups is 1. The molecule has 1 aromatic heterocycles. The Balaban J connectivity index is 1.59. The number of hydrogen-bond acceptors (Lipinski definition) is 4. The highest BCUT2D eigenvalue weighted by atomic mass is 16.5. The van der Waals surface area contributed by atoms with Gasteiger partial charge in [0.1, 0.15) is 0 Å². The van der Waals surface area contributed by atoms with Crippen LogP contribution in [0, 0.1) is 0 Å². The van der Waals surface area contributed by atoms with Gasteiger partial charge in [-0.15, -0.1) is 0 Å². The molecule has 0 saturated carbocycles. The molecule has 2 aliphatic rings. The number of nitrogens with one attached hydrogen (secondary N) is 1. The van der Waals surface area contributed by atoms with Crippen LogP contribution in [0.3, 0.4) is 0 Å². The zero-order valence-corrected chi connectivity index (χ0v) is 13.2. The molecule has 0 aliphatic carbocycles. The Morgan fingerprint density at radius 1 is 1.50 bits per heavy atom. The van der Waals surface area contributed by atoms with Crippen LogP contribution in [-0.2, 0) is 9.53 Å². The van der Waals surface area contributed by atoms with Crippen LogP contribution < -0.4 is 5.32 Å². The highest BCUT2D eigenvalue weighted by Gasteiger charge is 2.29. The molecule has 2 saturated heterocycles. The first kappa shape index (κ1) is 15.4. The fourth-order valence-electron chi connectivity index (χ4n) is 3.40. The minimum Gasteiger partial charge on any atom is -0.375 e. The minimum absolute atomic E-state index is 0.0957. The van der Waals surface area contributed by atoms with Crippen molar-refractivity contribution < 1.29 is 9.53 Å². The average molecular weight is 303 g/mol. The summed E-state index contributed by atoms with van der Waals surface area (Å²) in [5.74, 6) is 0.235. The molecule has 22 heavy (non-hydrogen) atoms. The van der Waals surface area contributed by atoms with E-state index in [9.17, 15) is 4.79 Å². The van der Waals surface area contributed by atoms with Gasteiger partial charge in [-0.2, -0.15) is 0 Å². The molecule has 1 aromatic rings. The van der Waals surface area contributed by atoms with E-state index in [-0.39, 0.29) is 18.1 Å². The Labute approximate surface area is 132 Å². The van der Waals surface area contributed by atoms with E-state index in [0.717, 1.165) is 44.5 Å². The lowest BCUT2D eigenvalue weighted by atomic mass is 10.0. The Morgan fingerprint density at radius 2 is 2.41 bits per heavy atom. The lowest BCUT2D eigenvalue weighted by Crippen LogP contribution is -2.48. The summed E-state index contributed by atoms with van der Waals surface area (Å²) in [6, 6.07) is 4.07. The van der Waals surface area contributed by atoms with Gasteiger partial charge in [-0.1, -0.05) is 6.07 Å². The Kier molecular flexibility index (Phi) is 5.05. The molecule has 0 spiro atoms. The summed E-state index contributed by atoms with van der Waals surface area (Å²) in [7, 11) is 0. The molecule has 3 heterocycles. The van der Waals surface area contributed by atoms with Gasteiger partial charge in [-0.05, 0) is 37.8 Å². The van der Waals surface area contributed by atoms with Gasteiger partial charge in [0.25, 0.3) is 0 Å². The SMILES string of the molecule is CC1CCC(CCC(=O)N2CCNCC2c2cccnc2)O1. The number of amides is 1. The summed E-state index contributed by atoms with van der Waals surface area (Å²) in [6.45, 7) is 4.53. The van der Waals surface area contributed by atoms with Crippen LogP contribution in [0.25, 0.3) is 0 Å². The number of aromatic nitrogens is 1. The van der Waals surface area contributed by atoms with Crippen molar-refractivity contribution in [3.05, 3.63) is 30.1 Å². The minimum atomic E-state index is 0.0957. The van der Waals surface area contributed by atoms with Crippen LogP contribution in [0.15, 0.2) is 24.5 Å². The van der Waals surface area contributed by atoms with Crippen molar-refractivity contribution in [2.75, 3.05) is 19.6 Å². The van der Waals surface area contributed by atoms with E-state index in [1.165, 1.54) is 0 Å².